The molecule has 1 aromatic rings. The fraction of sp³-hybridized carbons (Fsp3) is 0.385. The molecule has 2 atom stereocenters. The highest BCUT2D eigenvalue weighted by molar-refractivity contribution is 5.91. The van der Waals surface area contributed by atoms with E-state index in [-0.39, 0.29) is 17.7 Å². The van der Waals surface area contributed by atoms with Gasteiger partial charge in [0.25, 0.3) is 0 Å². The maximum atomic E-state index is 12.0. The number of nitrogens with one attached hydrogen (secondary N) is 1. The standard InChI is InChI=1S/C13H19N3O2/c1-3-11(12(14)16-18)15-13(17)9(2)10-7-5-4-6-8-10/h4-9,11,18H,3H2,1-2H3,(H2,14,16)(H,15,17). The summed E-state index contributed by atoms with van der Waals surface area (Å²) in [7, 11) is 0. The topological polar surface area (TPSA) is 87.7 Å². The first-order chi connectivity index (χ1) is 8.60. The number of rotatable bonds is 5. The Morgan fingerprint density at radius 3 is 2.56 bits per heavy atom. The summed E-state index contributed by atoms with van der Waals surface area (Å²) in [6.45, 7) is 3.68. The second kappa shape index (κ2) is 6.64. The number of carbonyl (C=O) groups is 1. The molecule has 0 bridgehead atoms. The Balaban J connectivity index is 2.71. The second-order valence-corrected chi connectivity index (χ2v) is 4.13. The Kier molecular flexibility index (Phi) is 5.17. The molecule has 0 aromatic heterocycles. The summed E-state index contributed by atoms with van der Waals surface area (Å²) < 4.78 is 0. The Morgan fingerprint density at radius 2 is 2.06 bits per heavy atom. The zero-order valence-corrected chi connectivity index (χ0v) is 10.6. The van der Waals surface area contributed by atoms with Crippen LogP contribution in [0.3, 0.4) is 0 Å². The van der Waals surface area contributed by atoms with E-state index in [9.17, 15) is 4.79 Å². The van der Waals surface area contributed by atoms with Crippen LogP contribution in [0.2, 0.25) is 0 Å². The Hall–Kier alpha value is -2.04. The molecule has 18 heavy (non-hydrogen) atoms. The normalized spacial score (nSPS) is 14.9. The molecule has 5 nitrogen and oxygen atoms in total. The average Bonchev–Trinajstić information content (AvgIpc) is 2.43. The molecule has 0 aliphatic rings. The van der Waals surface area contributed by atoms with Crippen molar-refractivity contribution in [3.8, 4) is 0 Å². The van der Waals surface area contributed by atoms with Crippen molar-refractivity contribution in [2.45, 2.75) is 32.2 Å². The quantitative estimate of drug-likeness (QED) is 0.319. The highest BCUT2D eigenvalue weighted by atomic mass is 16.4. The molecular formula is C13H19N3O2. The maximum absolute atomic E-state index is 12.0. The molecule has 4 N–H and O–H groups in total. The lowest BCUT2D eigenvalue weighted by molar-refractivity contribution is -0.122. The first-order valence-electron chi connectivity index (χ1n) is 5.92. The van der Waals surface area contributed by atoms with Crippen molar-refractivity contribution in [3.63, 3.8) is 0 Å². The number of amides is 1. The summed E-state index contributed by atoms with van der Waals surface area (Å²) in [4.78, 5) is 12.0. The van der Waals surface area contributed by atoms with Gasteiger partial charge in [-0.15, -0.1) is 0 Å². The van der Waals surface area contributed by atoms with Gasteiger partial charge in [-0.25, -0.2) is 0 Å². The van der Waals surface area contributed by atoms with Gasteiger partial charge in [0.1, 0.15) is 0 Å². The van der Waals surface area contributed by atoms with Crippen LogP contribution in [-0.2, 0) is 4.79 Å². The first kappa shape index (κ1) is 14.0. The van der Waals surface area contributed by atoms with Crippen molar-refractivity contribution >= 4 is 11.7 Å². The molecule has 2 unspecified atom stereocenters. The fourth-order valence-corrected chi connectivity index (χ4v) is 1.64. The minimum Gasteiger partial charge on any atom is -0.409 e. The van der Waals surface area contributed by atoms with Crippen LogP contribution in [0.5, 0.6) is 0 Å². The summed E-state index contributed by atoms with van der Waals surface area (Å²) in [5.41, 5.74) is 6.43. The fourth-order valence-electron chi connectivity index (χ4n) is 1.64. The smallest absolute Gasteiger partial charge is 0.227 e. The van der Waals surface area contributed by atoms with E-state index in [1.165, 1.54) is 0 Å². The molecule has 0 fully saturated rings. The van der Waals surface area contributed by atoms with Crippen molar-refractivity contribution in [1.82, 2.24) is 5.32 Å². The predicted molar refractivity (Wildman–Crippen MR) is 70.5 cm³/mol. The number of carbonyl (C=O) groups excluding carboxylic acids is 1. The molecular weight excluding hydrogens is 230 g/mol. The van der Waals surface area contributed by atoms with E-state index in [1.54, 1.807) is 0 Å². The van der Waals surface area contributed by atoms with Crippen molar-refractivity contribution in [3.05, 3.63) is 35.9 Å². The number of hydrogen-bond donors (Lipinski definition) is 3. The third-order valence-electron chi connectivity index (χ3n) is 2.89. The minimum atomic E-state index is -0.436. The Morgan fingerprint density at radius 1 is 1.44 bits per heavy atom. The van der Waals surface area contributed by atoms with E-state index in [0.717, 1.165) is 5.56 Å². The van der Waals surface area contributed by atoms with Gasteiger partial charge in [-0.05, 0) is 18.9 Å². The van der Waals surface area contributed by atoms with E-state index in [4.69, 9.17) is 10.9 Å². The number of benzene rings is 1. The largest absolute Gasteiger partial charge is 0.409 e. The summed E-state index contributed by atoms with van der Waals surface area (Å²) in [5, 5.41) is 14.3. The highest BCUT2D eigenvalue weighted by Gasteiger charge is 2.20. The highest BCUT2D eigenvalue weighted by Crippen LogP contribution is 2.14. The van der Waals surface area contributed by atoms with Crippen LogP contribution >= 0.6 is 0 Å². The molecule has 0 aliphatic heterocycles. The molecule has 0 spiro atoms. The predicted octanol–water partition coefficient (Wildman–Crippen LogP) is 1.43. The van der Waals surface area contributed by atoms with E-state index in [1.807, 2.05) is 44.2 Å². The number of oxime groups is 1. The van der Waals surface area contributed by atoms with Crippen LogP contribution in [-0.4, -0.2) is 23.0 Å². The van der Waals surface area contributed by atoms with Crippen molar-refractivity contribution in [2.75, 3.05) is 0 Å². The van der Waals surface area contributed by atoms with E-state index >= 15 is 0 Å². The van der Waals surface area contributed by atoms with Gasteiger partial charge >= 0.3 is 0 Å². The molecule has 1 aromatic carbocycles. The summed E-state index contributed by atoms with van der Waals surface area (Å²) in [5.74, 6) is -0.391. The third-order valence-corrected chi connectivity index (χ3v) is 2.89. The second-order valence-electron chi connectivity index (χ2n) is 4.13. The van der Waals surface area contributed by atoms with Gasteiger partial charge in [0.2, 0.25) is 5.91 Å². The van der Waals surface area contributed by atoms with Gasteiger partial charge < -0.3 is 16.3 Å². The molecule has 1 amide bonds. The lowest BCUT2D eigenvalue weighted by Crippen LogP contribution is -2.45. The van der Waals surface area contributed by atoms with E-state index in [2.05, 4.69) is 10.5 Å². The SMILES string of the molecule is CCC(NC(=O)C(C)c1ccccc1)/C(N)=N/O. The first-order valence-corrected chi connectivity index (χ1v) is 5.92. The molecule has 98 valence electrons. The van der Waals surface area contributed by atoms with Crippen LogP contribution in [0, 0.1) is 0 Å². The summed E-state index contributed by atoms with van der Waals surface area (Å²) >= 11 is 0. The van der Waals surface area contributed by atoms with Crippen LogP contribution in [0.25, 0.3) is 0 Å². The molecule has 0 aliphatic carbocycles. The lowest BCUT2D eigenvalue weighted by atomic mass is 10.00. The Bertz CT molecular complexity index is 418. The van der Waals surface area contributed by atoms with Gasteiger partial charge in [0.15, 0.2) is 5.84 Å². The monoisotopic (exact) mass is 249 g/mol. The zero-order chi connectivity index (χ0) is 13.5. The van der Waals surface area contributed by atoms with Gasteiger partial charge in [-0.3, -0.25) is 4.79 Å². The van der Waals surface area contributed by atoms with Crippen molar-refractivity contribution in [2.24, 2.45) is 10.9 Å². The van der Waals surface area contributed by atoms with E-state index in [0.29, 0.717) is 6.42 Å². The number of nitrogens with zero attached hydrogens (tertiary/aromatic N) is 1. The molecule has 1 rings (SSSR count). The van der Waals surface area contributed by atoms with Crippen LogP contribution in [0.1, 0.15) is 31.7 Å². The molecule has 0 saturated heterocycles. The lowest BCUT2D eigenvalue weighted by Gasteiger charge is -2.18. The minimum absolute atomic E-state index is 0.0195. The van der Waals surface area contributed by atoms with E-state index < -0.39 is 6.04 Å². The molecule has 5 heteroatoms. The number of nitrogens with two attached hydrogens (primary N) is 1. The average molecular weight is 249 g/mol. The van der Waals surface area contributed by atoms with Gasteiger partial charge in [0.05, 0.1) is 12.0 Å². The summed E-state index contributed by atoms with van der Waals surface area (Å²) in [6, 6.07) is 9.04. The van der Waals surface area contributed by atoms with Crippen LogP contribution < -0.4 is 11.1 Å². The molecule has 0 saturated carbocycles. The number of amidine groups is 1. The number of hydrogen-bond acceptors (Lipinski definition) is 3. The van der Waals surface area contributed by atoms with Gasteiger partial charge in [-0.2, -0.15) is 0 Å². The van der Waals surface area contributed by atoms with Crippen LogP contribution in [0.4, 0.5) is 0 Å². The molecule has 0 radical (unpaired) electrons. The van der Waals surface area contributed by atoms with Gasteiger partial charge in [0, 0.05) is 0 Å². The van der Waals surface area contributed by atoms with Gasteiger partial charge in [-0.1, -0.05) is 42.4 Å². The van der Waals surface area contributed by atoms with Crippen molar-refractivity contribution < 1.29 is 10.0 Å². The Labute approximate surface area is 107 Å². The maximum Gasteiger partial charge on any atom is 0.227 e. The summed E-state index contributed by atoms with van der Waals surface area (Å²) in [6.07, 6.45) is 0.573. The third kappa shape index (κ3) is 3.48. The molecule has 0 heterocycles. The van der Waals surface area contributed by atoms with Crippen molar-refractivity contribution in [1.29, 1.82) is 0 Å². The zero-order valence-electron chi connectivity index (χ0n) is 10.6. The van der Waals surface area contributed by atoms with Crippen LogP contribution in [0.15, 0.2) is 35.5 Å².